The molecule has 0 saturated carbocycles. The molecule has 0 aliphatic heterocycles. The molecular weight excluding hydrogens is 296 g/mol. The Bertz CT molecular complexity index is 648. The maximum atomic E-state index is 13.6. The second kappa shape index (κ2) is 5.82. The SMILES string of the molecule is CC(C)(C(=O)Nc1c(F)cccc1F)c1ccc(Cl)cc1. The highest BCUT2D eigenvalue weighted by Crippen LogP contribution is 2.27. The number of carbonyl (C=O) groups excluding carboxylic acids is 1. The Morgan fingerprint density at radius 1 is 1.05 bits per heavy atom. The Morgan fingerprint density at radius 2 is 1.57 bits per heavy atom. The topological polar surface area (TPSA) is 29.1 Å². The van der Waals surface area contributed by atoms with Crippen LogP contribution in [0.4, 0.5) is 14.5 Å². The number of amides is 1. The van der Waals surface area contributed by atoms with Gasteiger partial charge >= 0.3 is 0 Å². The van der Waals surface area contributed by atoms with Crippen LogP contribution < -0.4 is 5.32 Å². The third-order valence-corrected chi connectivity index (χ3v) is 3.59. The molecule has 2 aromatic rings. The van der Waals surface area contributed by atoms with Crippen molar-refractivity contribution in [3.8, 4) is 0 Å². The van der Waals surface area contributed by atoms with Gasteiger partial charge in [-0.25, -0.2) is 8.78 Å². The second-order valence-corrected chi connectivity index (χ2v) is 5.62. The van der Waals surface area contributed by atoms with E-state index in [1.54, 1.807) is 38.1 Å². The number of para-hydroxylation sites is 1. The summed E-state index contributed by atoms with van der Waals surface area (Å²) in [6.45, 7) is 3.34. The number of hydrogen-bond acceptors (Lipinski definition) is 1. The lowest BCUT2D eigenvalue weighted by Crippen LogP contribution is -2.35. The predicted molar refractivity (Wildman–Crippen MR) is 79.5 cm³/mol. The molecule has 2 rings (SSSR count). The third kappa shape index (κ3) is 3.22. The van der Waals surface area contributed by atoms with Crippen molar-refractivity contribution in [1.29, 1.82) is 0 Å². The van der Waals surface area contributed by atoms with Crippen LogP contribution in [-0.4, -0.2) is 5.91 Å². The zero-order chi connectivity index (χ0) is 15.6. The lowest BCUT2D eigenvalue weighted by atomic mass is 9.83. The molecule has 5 heteroatoms. The van der Waals surface area contributed by atoms with E-state index in [0.29, 0.717) is 10.6 Å². The van der Waals surface area contributed by atoms with Gasteiger partial charge < -0.3 is 5.32 Å². The smallest absolute Gasteiger partial charge is 0.234 e. The molecule has 1 amide bonds. The summed E-state index contributed by atoms with van der Waals surface area (Å²) in [6.07, 6.45) is 0. The van der Waals surface area contributed by atoms with Gasteiger partial charge in [0.05, 0.1) is 5.41 Å². The van der Waals surface area contributed by atoms with Gasteiger partial charge in [0.15, 0.2) is 0 Å². The number of halogens is 3. The average molecular weight is 310 g/mol. The third-order valence-electron chi connectivity index (χ3n) is 3.33. The molecule has 0 aliphatic rings. The minimum atomic E-state index is -0.959. The summed E-state index contributed by atoms with van der Waals surface area (Å²) >= 11 is 5.81. The fourth-order valence-electron chi connectivity index (χ4n) is 1.88. The van der Waals surface area contributed by atoms with E-state index in [1.165, 1.54) is 6.07 Å². The minimum absolute atomic E-state index is 0.440. The van der Waals surface area contributed by atoms with Crippen molar-refractivity contribution in [2.24, 2.45) is 0 Å². The second-order valence-electron chi connectivity index (χ2n) is 5.18. The minimum Gasteiger partial charge on any atom is -0.320 e. The first-order chi connectivity index (χ1) is 9.82. The van der Waals surface area contributed by atoms with E-state index in [1.807, 2.05) is 0 Å². The number of carbonyl (C=O) groups is 1. The molecule has 0 unspecified atom stereocenters. The van der Waals surface area contributed by atoms with Gasteiger partial charge in [-0.1, -0.05) is 29.8 Å². The Morgan fingerprint density at radius 3 is 2.10 bits per heavy atom. The fourth-order valence-corrected chi connectivity index (χ4v) is 2.01. The lowest BCUT2D eigenvalue weighted by Gasteiger charge is -2.24. The number of anilines is 1. The molecule has 110 valence electrons. The molecule has 0 fully saturated rings. The largest absolute Gasteiger partial charge is 0.320 e. The molecule has 0 radical (unpaired) electrons. The highest BCUT2D eigenvalue weighted by Gasteiger charge is 2.31. The molecule has 2 nitrogen and oxygen atoms in total. The first-order valence-corrected chi connectivity index (χ1v) is 6.71. The molecule has 0 atom stereocenters. The summed E-state index contributed by atoms with van der Waals surface area (Å²) in [4.78, 5) is 12.3. The zero-order valence-electron chi connectivity index (χ0n) is 11.6. The zero-order valence-corrected chi connectivity index (χ0v) is 12.3. The van der Waals surface area contributed by atoms with E-state index >= 15 is 0 Å². The molecule has 0 aliphatic carbocycles. The fraction of sp³-hybridized carbons (Fsp3) is 0.188. The van der Waals surface area contributed by atoms with Crippen molar-refractivity contribution in [3.05, 3.63) is 64.7 Å². The molecule has 1 N–H and O–H groups in total. The molecule has 0 saturated heterocycles. The normalized spacial score (nSPS) is 11.3. The first kappa shape index (κ1) is 15.4. The first-order valence-electron chi connectivity index (χ1n) is 6.34. The van der Waals surface area contributed by atoms with E-state index in [9.17, 15) is 13.6 Å². The Balaban J connectivity index is 2.28. The van der Waals surface area contributed by atoms with Gasteiger partial charge in [-0.05, 0) is 43.7 Å². The molecular formula is C16H14ClF2NO. The summed E-state index contributed by atoms with van der Waals surface area (Å²) in [7, 11) is 0. The van der Waals surface area contributed by atoms with Crippen LogP contribution in [0.2, 0.25) is 5.02 Å². The van der Waals surface area contributed by atoms with Crippen molar-refractivity contribution >= 4 is 23.2 Å². The van der Waals surface area contributed by atoms with Gasteiger partial charge in [-0.3, -0.25) is 4.79 Å². The molecule has 0 bridgehead atoms. The van der Waals surface area contributed by atoms with Crippen LogP contribution in [0, 0.1) is 11.6 Å². The van der Waals surface area contributed by atoms with Crippen molar-refractivity contribution in [2.75, 3.05) is 5.32 Å². The Hall–Kier alpha value is -1.94. The molecule has 21 heavy (non-hydrogen) atoms. The quantitative estimate of drug-likeness (QED) is 0.886. The lowest BCUT2D eigenvalue weighted by molar-refractivity contribution is -0.120. The van der Waals surface area contributed by atoms with Crippen LogP contribution in [0.25, 0.3) is 0 Å². The van der Waals surface area contributed by atoms with E-state index in [-0.39, 0.29) is 0 Å². The van der Waals surface area contributed by atoms with Crippen molar-refractivity contribution in [2.45, 2.75) is 19.3 Å². The predicted octanol–water partition coefficient (Wildman–Crippen LogP) is 4.53. The van der Waals surface area contributed by atoms with Crippen LogP contribution in [0.15, 0.2) is 42.5 Å². The van der Waals surface area contributed by atoms with Crippen LogP contribution in [-0.2, 0) is 10.2 Å². The van der Waals surface area contributed by atoms with E-state index in [4.69, 9.17) is 11.6 Å². The van der Waals surface area contributed by atoms with E-state index in [2.05, 4.69) is 5.32 Å². The van der Waals surface area contributed by atoms with Crippen LogP contribution in [0.3, 0.4) is 0 Å². The van der Waals surface area contributed by atoms with Gasteiger partial charge in [0, 0.05) is 5.02 Å². The van der Waals surface area contributed by atoms with Gasteiger partial charge in [0.25, 0.3) is 0 Å². The molecule has 0 spiro atoms. The standard InChI is InChI=1S/C16H14ClF2NO/c1-16(2,10-6-8-11(17)9-7-10)15(21)20-14-12(18)4-3-5-13(14)19/h3-9H,1-2H3,(H,20,21). The van der Waals surface area contributed by atoms with Crippen molar-refractivity contribution in [1.82, 2.24) is 0 Å². The number of hydrogen-bond donors (Lipinski definition) is 1. The van der Waals surface area contributed by atoms with Crippen molar-refractivity contribution in [3.63, 3.8) is 0 Å². The monoisotopic (exact) mass is 309 g/mol. The molecule has 2 aromatic carbocycles. The van der Waals surface area contributed by atoms with Gasteiger partial charge in [0.1, 0.15) is 17.3 Å². The Kier molecular flexibility index (Phi) is 4.28. The van der Waals surface area contributed by atoms with Crippen LogP contribution in [0.5, 0.6) is 0 Å². The highest BCUT2D eigenvalue weighted by molar-refractivity contribution is 6.30. The van der Waals surface area contributed by atoms with Gasteiger partial charge in [-0.15, -0.1) is 0 Å². The maximum Gasteiger partial charge on any atom is 0.234 e. The number of nitrogens with one attached hydrogen (secondary N) is 1. The van der Waals surface area contributed by atoms with Gasteiger partial charge in [-0.2, -0.15) is 0 Å². The van der Waals surface area contributed by atoms with Crippen LogP contribution in [0.1, 0.15) is 19.4 Å². The Labute approximate surface area is 126 Å². The number of benzene rings is 2. The van der Waals surface area contributed by atoms with E-state index < -0.39 is 28.6 Å². The maximum absolute atomic E-state index is 13.6. The summed E-state index contributed by atoms with van der Waals surface area (Å²) < 4.78 is 27.2. The summed E-state index contributed by atoms with van der Waals surface area (Å²) in [5.41, 5.74) is -0.704. The summed E-state index contributed by atoms with van der Waals surface area (Å²) in [6, 6.07) is 10.2. The summed E-state index contributed by atoms with van der Waals surface area (Å²) in [5.74, 6) is -2.13. The highest BCUT2D eigenvalue weighted by atomic mass is 35.5. The van der Waals surface area contributed by atoms with Crippen molar-refractivity contribution < 1.29 is 13.6 Å². The van der Waals surface area contributed by atoms with Crippen LogP contribution >= 0.6 is 11.6 Å². The average Bonchev–Trinajstić information content (AvgIpc) is 2.43. The summed E-state index contributed by atoms with van der Waals surface area (Å²) in [5, 5.41) is 2.86. The van der Waals surface area contributed by atoms with Gasteiger partial charge in [0.2, 0.25) is 5.91 Å². The number of rotatable bonds is 3. The van der Waals surface area contributed by atoms with E-state index in [0.717, 1.165) is 12.1 Å². The molecule has 0 heterocycles. The molecule has 0 aromatic heterocycles.